The van der Waals surface area contributed by atoms with Crippen molar-refractivity contribution in [2.24, 2.45) is 5.92 Å². The maximum absolute atomic E-state index is 11.8. The lowest BCUT2D eigenvalue weighted by atomic mass is 10.2. The second-order valence-electron chi connectivity index (χ2n) is 4.54. The van der Waals surface area contributed by atoms with Gasteiger partial charge in [0.25, 0.3) is 0 Å². The van der Waals surface area contributed by atoms with Gasteiger partial charge in [-0.05, 0) is 30.7 Å². The van der Waals surface area contributed by atoms with E-state index in [2.05, 4.69) is 10.0 Å². The van der Waals surface area contributed by atoms with E-state index in [1.165, 1.54) is 12.1 Å². The van der Waals surface area contributed by atoms with Crippen molar-refractivity contribution in [3.63, 3.8) is 0 Å². The largest absolute Gasteiger partial charge is 0.481 e. The molecule has 0 saturated carbocycles. The fourth-order valence-electron chi connectivity index (χ4n) is 1.43. The second kappa shape index (κ2) is 7.25. The Kier molecular flexibility index (Phi) is 5.97. The lowest BCUT2D eigenvalue weighted by Crippen LogP contribution is -2.24. The van der Waals surface area contributed by atoms with Crippen LogP contribution < -0.4 is 10.0 Å². The minimum atomic E-state index is -3.46. The molecular formula is C13H20N2O4S. The van der Waals surface area contributed by atoms with Crippen LogP contribution in [0.15, 0.2) is 29.2 Å². The summed E-state index contributed by atoms with van der Waals surface area (Å²) in [6, 6.07) is 6.22. The molecule has 0 fully saturated rings. The lowest BCUT2D eigenvalue weighted by molar-refractivity contribution is -0.140. The molecule has 0 aliphatic heterocycles. The minimum absolute atomic E-state index is 0.197. The van der Waals surface area contributed by atoms with E-state index >= 15 is 0 Å². The number of benzene rings is 1. The van der Waals surface area contributed by atoms with Gasteiger partial charge in [-0.1, -0.05) is 13.8 Å². The highest BCUT2D eigenvalue weighted by Crippen LogP contribution is 2.14. The quantitative estimate of drug-likeness (QED) is 0.676. The minimum Gasteiger partial charge on any atom is -0.481 e. The summed E-state index contributed by atoms with van der Waals surface area (Å²) in [6.07, 6.45) is 0.728. The maximum Gasteiger partial charge on any atom is 0.308 e. The van der Waals surface area contributed by atoms with Gasteiger partial charge in [0.15, 0.2) is 0 Å². The highest BCUT2D eigenvalue weighted by molar-refractivity contribution is 7.89. The number of sulfonamides is 1. The SMILES string of the molecule is CCCNS(=O)(=O)c1ccc(NCC(C)C(=O)O)cc1. The normalized spacial score (nSPS) is 12.9. The molecule has 112 valence electrons. The fourth-order valence-corrected chi connectivity index (χ4v) is 2.56. The standard InChI is InChI=1S/C13H20N2O4S/c1-3-8-15-20(18,19)12-6-4-11(5-7-12)14-9-10(2)13(16)17/h4-7,10,14-15H,3,8-9H2,1-2H3,(H,16,17). The summed E-state index contributed by atoms with van der Waals surface area (Å²) in [7, 11) is -3.46. The molecule has 0 heterocycles. The molecule has 0 aliphatic carbocycles. The van der Waals surface area contributed by atoms with Crippen molar-refractivity contribution in [3.8, 4) is 0 Å². The number of hydrogen-bond donors (Lipinski definition) is 3. The molecule has 1 unspecified atom stereocenters. The lowest BCUT2D eigenvalue weighted by Gasteiger charge is -2.10. The van der Waals surface area contributed by atoms with Gasteiger partial charge in [0.05, 0.1) is 10.8 Å². The van der Waals surface area contributed by atoms with E-state index in [1.807, 2.05) is 6.92 Å². The van der Waals surface area contributed by atoms with Crippen LogP contribution in [-0.4, -0.2) is 32.6 Å². The van der Waals surface area contributed by atoms with E-state index in [1.54, 1.807) is 19.1 Å². The summed E-state index contributed by atoms with van der Waals surface area (Å²) in [4.78, 5) is 10.9. The zero-order valence-corrected chi connectivity index (χ0v) is 12.4. The van der Waals surface area contributed by atoms with Crippen LogP contribution in [0, 0.1) is 5.92 Å². The van der Waals surface area contributed by atoms with Crippen molar-refractivity contribution in [1.29, 1.82) is 0 Å². The molecule has 0 bridgehead atoms. The molecule has 0 radical (unpaired) electrons. The van der Waals surface area contributed by atoms with Crippen molar-refractivity contribution in [3.05, 3.63) is 24.3 Å². The van der Waals surface area contributed by atoms with Crippen molar-refractivity contribution < 1.29 is 18.3 Å². The fraction of sp³-hybridized carbons (Fsp3) is 0.462. The first-order valence-electron chi connectivity index (χ1n) is 6.43. The number of rotatable bonds is 8. The Morgan fingerprint density at radius 2 is 1.90 bits per heavy atom. The van der Waals surface area contributed by atoms with Crippen LogP contribution in [0.3, 0.4) is 0 Å². The van der Waals surface area contributed by atoms with Gasteiger partial charge in [-0.25, -0.2) is 13.1 Å². The molecule has 1 atom stereocenters. The van der Waals surface area contributed by atoms with Crippen LogP contribution >= 0.6 is 0 Å². The molecule has 0 aliphatic rings. The number of aliphatic carboxylic acids is 1. The van der Waals surface area contributed by atoms with Gasteiger partial charge in [0, 0.05) is 18.8 Å². The average molecular weight is 300 g/mol. The third-order valence-corrected chi connectivity index (χ3v) is 4.22. The monoisotopic (exact) mass is 300 g/mol. The Balaban J connectivity index is 2.67. The molecule has 1 rings (SSSR count). The van der Waals surface area contributed by atoms with Crippen LogP contribution in [0.2, 0.25) is 0 Å². The molecule has 1 aromatic rings. The first-order chi connectivity index (χ1) is 9.36. The molecule has 0 saturated heterocycles. The van der Waals surface area contributed by atoms with E-state index < -0.39 is 21.9 Å². The van der Waals surface area contributed by atoms with Gasteiger partial charge in [-0.3, -0.25) is 4.79 Å². The molecule has 7 heteroatoms. The Morgan fingerprint density at radius 1 is 1.30 bits per heavy atom. The highest BCUT2D eigenvalue weighted by Gasteiger charge is 2.13. The molecule has 20 heavy (non-hydrogen) atoms. The first kappa shape index (κ1) is 16.5. The summed E-state index contributed by atoms with van der Waals surface area (Å²) < 4.78 is 26.2. The van der Waals surface area contributed by atoms with E-state index in [4.69, 9.17) is 5.11 Å². The topological polar surface area (TPSA) is 95.5 Å². The van der Waals surface area contributed by atoms with Gasteiger partial charge >= 0.3 is 5.97 Å². The molecular weight excluding hydrogens is 280 g/mol. The van der Waals surface area contributed by atoms with Crippen molar-refractivity contribution in [2.45, 2.75) is 25.2 Å². The number of nitrogens with one attached hydrogen (secondary N) is 2. The van der Waals surface area contributed by atoms with Crippen LogP contribution in [0.25, 0.3) is 0 Å². The predicted molar refractivity (Wildman–Crippen MR) is 77.2 cm³/mol. The van der Waals surface area contributed by atoms with Crippen LogP contribution in [0.4, 0.5) is 5.69 Å². The van der Waals surface area contributed by atoms with Crippen LogP contribution in [0.1, 0.15) is 20.3 Å². The maximum atomic E-state index is 11.8. The molecule has 0 aromatic heterocycles. The van der Waals surface area contributed by atoms with E-state index in [9.17, 15) is 13.2 Å². The first-order valence-corrected chi connectivity index (χ1v) is 7.91. The summed E-state index contributed by atoms with van der Waals surface area (Å²) in [5.41, 5.74) is 0.688. The van der Waals surface area contributed by atoms with Crippen LogP contribution in [0.5, 0.6) is 0 Å². The number of carboxylic acids is 1. The number of hydrogen-bond acceptors (Lipinski definition) is 4. The number of carbonyl (C=O) groups is 1. The smallest absolute Gasteiger partial charge is 0.308 e. The Morgan fingerprint density at radius 3 is 2.40 bits per heavy atom. The van der Waals surface area contributed by atoms with Crippen LogP contribution in [-0.2, 0) is 14.8 Å². The Labute approximate surface area is 119 Å². The summed E-state index contributed by atoms with van der Waals surface area (Å²) in [5.74, 6) is -1.38. The predicted octanol–water partition coefficient (Wildman–Crippen LogP) is 1.51. The Hall–Kier alpha value is -1.60. The van der Waals surface area contributed by atoms with Gasteiger partial charge in [-0.2, -0.15) is 0 Å². The molecule has 1 aromatic carbocycles. The van der Waals surface area contributed by atoms with E-state index in [-0.39, 0.29) is 11.4 Å². The van der Waals surface area contributed by atoms with Gasteiger partial charge in [-0.15, -0.1) is 0 Å². The molecule has 0 amide bonds. The van der Waals surface area contributed by atoms with Crippen molar-refractivity contribution in [1.82, 2.24) is 4.72 Å². The third kappa shape index (κ3) is 4.82. The molecule has 6 nitrogen and oxygen atoms in total. The summed E-state index contributed by atoms with van der Waals surface area (Å²) in [6.45, 7) is 4.18. The zero-order chi connectivity index (χ0) is 15.2. The molecule has 3 N–H and O–H groups in total. The second-order valence-corrected chi connectivity index (χ2v) is 6.31. The van der Waals surface area contributed by atoms with Gasteiger partial charge in [0.1, 0.15) is 0 Å². The number of carboxylic acid groups (broad SMARTS) is 1. The van der Waals surface area contributed by atoms with Gasteiger partial charge < -0.3 is 10.4 Å². The third-order valence-electron chi connectivity index (χ3n) is 2.74. The summed E-state index contributed by atoms with van der Waals surface area (Å²) >= 11 is 0. The average Bonchev–Trinajstić information content (AvgIpc) is 2.43. The molecule has 0 spiro atoms. The highest BCUT2D eigenvalue weighted by atomic mass is 32.2. The Bertz CT molecular complexity index is 540. The van der Waals surface area contributed by atoms with E-state index in [0.29, 0.717) is 12.2 Å². The van der Waals surface area contributed by atoms with E-state index in [0.717, 1.165) is 6.42 Å². The van der Waals surface area contributed by atoms with Gasteiger partial charge in [0.2, 0.25) is 10.0 Å². The van der Waals surface area contributed by atoms with Crippen molar-refractivity contribution >= 4 is 21.7 Å². The zero-order valence-electron chi connectivity index (χ0n) is 11.6. The number of anilines is 1. The van der Waals surface area contributed by atoms with Crippen molar-refractivity contribution in [2.75, 3.05) is 18.4 Å². The summed E-state index contributed by atoms with van der Waals surface area (Å²) in [5, 5.41) is 11.7.